The summed E-state index contributed by atoms with van der Waals surface area (Å²) in [6.07, 6.45) is 6.88. The van der Waals surface area contributed by atoms with Crippen LogP contribution >= 0.6 is 23.1 Å². The second-order valence-corrected chi connectivity index (χ2v) is 7.29. The van der Waals surface area contributed by atoms with Crippen molar-refractivity contribution < 1.29 is 0 Å². The third-order valence-corrected chi connectivity index (χ3v) is 5.50. The summed E-state index contributed by atoms with van der Waals surface area (Å²) in [4.78, 5) is 18.4. The highest BCUT2D eigenvalue weighted by atomic mass is 32.2. The van der Waals surface area contributed by atoms with E-state index in [1.54, 1.807) is 23.1 Å². The summed E-state index contributed by atoms with van der Waals surface area (Å²) in [5, 5.41) is 2.12. The highest BCUT2D eigenvalue weighted by molar-refractivity contribution is 7.98. The van der Waals surface area contributed by atoms with E-state index in [2.05, 4.69) is 32.0 Å². The van der Waals surface area contributed by atoms with Crippen LogP contribution in [0, 0.1) is 0 Å². The van der Waals surface area contributed by atoms with Gasteiger partial charge in [-0.05, 0) is 18.4 Å². The minimum absolute atomic E-state index is 0.878. The zero-order valence-corrected chi connectivity index (χ0v) is 14.0. The van der Waals surface area contributed by atoms with Crippen LogP contribution in [0.3, 0.4) is 0 Å². The van der Waals surface area contributed by atoms with E-state index >= 15 is 0 Å². The molecule has 0 N–H and O–H groups in total. The van der Waals surface area contributed by atoms with Crippen LogP contribution < -0.4 is 0 Å². The Kier molecular flexibility index (Phi) is 3.82. The van der Waals surface area contributed by atoms with Crippen LogP contribution in [0.25, 0.3) is 10.2 Å². The first kappa shape index (κ1) is 14.1. The van der Waals surface area contributed by atoms with Crippen molar-refractivity contribution in [3.63, 3.8) is 0 Å². The summed E-state index contributed by atoms with van der Waals surface area (Å²) >= 11 is 3.40. The molecule has 6 heteroatoms. The summed E-state index contributed by atoms with van der Waals surface area (Å²) in [6, 6.07) is 6.39. The second-order valence-electron chi connectivity index (χ2n) is 5.40. The number of hydrogen-bond acceptors (Lipinski definition) is 6. The van der Waals surface area contributed by atoms with Gasteiger partial charge in [0.05, 0.1) is 5.69 Å². The van der Waals surface area contributed by atoms with Crippen molar-refractivity contribution in [3.8, 4) is 0 Å². The fourth-order valence-corrected chi connectivity index (χ4v) is 4.21. The predicted octanol–water partition coefficient (Wildman–Crippen LogP) is 3.37. The van der Waals surface area contributed by atoms with Gasteiger partial charge in [0.15, 0.2) is 5.16 Å². The van der Waals surface area contributed by atoms with Gasteiger partial charge in [0.1, 0.15) is 4.83 Å². The molecule has 0 aromatic carbocycles. The number of nitrogens with zero attached hydrogens (tertiary/aromatic N) is 4. The monoisotopic (exact) mass is 328 g/mol. The van der Waals surface area contributed by atoms with Crippen LogP contribution in [0.1, 0.15) is 16.1 Å². The van der Waals surface area contributed by atoms with Gasteiger partial charge >= 0.3 is 0 Å². The molecule has 4 rings (SSSR count). The highest BCUT2D eigenvalue weighted by Gasteiger charge is 2.19. The van der Waals surface area contributed by atoms with Crippen LogP contribution in [0.4, 0.5) is 0 Å². The van der Waals surface area contributed by atoms with E-state index < -0.39 is 0 Å². The lowest BCUT2D eigenvalue weighted by Gasteiger charge is -2.27. The van der Waals surface area contributed by atoms with Crippen molar-refractivity contribution in [1.82, 2.24) is 19.9 Å². The standard InChI is InChI=1S/C16H16N4S2/c1-21-16-18-8-12-9-20(6-4-14(12)19-16)10-13-7-11-3-2-5-17-15(11)22-13/h2-3,5,7-8H,4,6,9-10H2,1H3. The zero-order chi connectivity index (χ0) is 14.9. The van der Waals surface area contributed by atoms with Gasteiger partial charge in [0.25, 0.3) is 0 Å². The van der Waals surface area contributed by atoms with Gasteiger partial charge in [0, 0.05) is 54.3 Å². The average molecular weight is 328 g/mol. The lowest BCUT2D eigenvalue weighted by Crippen LogP contribution is -2.30. The molecule has 0 saturated heterocycles. The summed E-state index contributed by atoms with van der Waals surface area (Å²) in [7, 11) is 0. The van der Waals surface area contributed by atoms with Crippen molar-refractivity contribution in [3.05, 3.63) is 46.7 Å². The molecule has 0 atom stereocenters. The van der Waals surface area contributed by atoms with E-state index in [1.165, 1.54) is 21.5 Å². The Morgan fingerprint density at radius 3 is 3.18 bits per heavy atom. The maximum atomic E-state index is 4.63. The van der Waals surface area contributed by atoms with Gasteiger partial charge in [0.2, 0.25) is 0 Å². The normalized spacial score (nSPS) is 15.1. The number of hydrogen-bond donors (Lipinski definition) is 0. The van der Waals surface area contributed by atoms with Crippen LogP contribution in [-0.4, -0.2) is 32.7 Å². The Balaban J connectivity index is 1.52. The van der Waals surface area contributed by atoms with Crippen molar-refractivity contribution in [2.45, 2.75) is 24.7 Å². The minimum Gasteiger partial charge on any atom is -0.293 e. The Bertz CT molecular complexity index is 782. The smallest absolute Gasteiger partial charge is 0.187 e. The summed E-state index contributed by atoms with van der Waals surface area (Å²) in [5.74, 6) is 0. The van der Waals surface area contributed by atoms with Gasteiger partial charge in [-0.1, -0.05) is 17.8 Å². The molecule has 1 aliphatic rings. The Morgan fingerprint density at radius 2 is 2.32 bits per heavy atom. The Morgan fingerprint density at radius 1 is 1.36 bits per heavy atom. The summed E-state index contributed by atoms with van der Waals surface area (Å²) in [6.45, 7) is 2.97. The molecule has 3 aromatic heterocycles. The lowest BCUT2D eigenvalue weighted by atomic mass is 10.1. The molecule has 4 nitrogen and oxygen atoms in total. The van der Waals surface area contributed by atoms with Crippen LogP contribution in [0.2, 0.25) is 0 Å². The highest BCUT2D eigenvalue weighted by Crippen LogP contribution is 2.26. The number of thioether (sulfide) groups is 1. The maximum absolute atomic E-state index is 4.63. The number of rotatable bonds is 3. The van der Waals surface area contributed by atoms with E-state index in [0.29, 0.717) is 0 Å². The fourth-order valence-electron chi connectivity index (χ4n) is 2.81. The van der Waals surface area contributed by atoms with E-state index in [-0.39, 0.29) is 0 Å². The first-order chi connectivity index (χ1) is 10.8. The summed E-state index contributed by atoms with van der Waals surface area (Å²) in [5.41, 5.74) is 2.48. The Labute approximate surface area is 137 Å². The molecule has 0 radical (unpaired) electrons. The van der Waals surface area contributed by atoms with Crippen LogP contribution in [0.15, 0.2) is 35.7 Å². The number of pyridine rings is 1. The molecule has 1 aliphatic heterocycles. The first-order valence-corrected chi connectivity index (χ1v) is 9.30. The van der Waals surface area contributed by atoms with Crippen molar-refractivity contribution in [2.75, 3.05) is 12.8 Å². The third kappa shape index (κ3) is 2.74. The average Bonchev–Trinajstić information content (AvgIpc) is 2.96. The molecule has 4 heterocycles. The van der Waals surface area contributed by atoms with Gasteiger partial charge in [-0.3, -0.25) is 4.90 Å². The van der Waals surface area contributed by atoms with Crippen LogP contribution in [-0.2, 0) is 19.5 Å². The maximum Gasteiger partial charge on any atom is 0.187 e. The summed E-state index contributed by atoms with van der Waals surface area (Å²) < 4.78 is 0. The molecule has 0 spiro atoms. The lowest BCUT2D eigenvalue weighted by molar-refractivity contribution is 0.244. The molecule has 3 aromatic rings. The van der Waals surface area contributed by atoms with E-state index in [9.17, 15) is 0 Å². The Hall–Kier alpha value is -1.50. The van der Waals surface area contributed by atoms with E-state index in [4.69, 9.17) is 0 Å². The number of aromatic nitrogens is 3. The number of fused-ring (bicyclic) bond motifs is 2. The van der Waals surface area contributed by atoms with E-state index in [0.717, 1.165) is 36.0 Å². The van der Waals surface area contributed by atoms with Crippen molar-refractivity contribution in [2.24, 2.45) is 0 Å². The molecule has 0 amide bonds. The van der Waals surface area contributed by atoms with Gasteiger partial charge < -0.3 is 0 Å². The van der Waals surface area contributed by atoms with E-state index in [1.807, 2.05) is 24.7 Å². The minimum atomic E-state index is 0.878. The topological polar surface area (TPSA) is 41.9 Å². The molecule has 112 valence electrons. The molecule has 0 saturated carbocycles. The molecule has 0 aliphatic carbocycles. The zero-order valence-electron chi connectivity index (χ0n) is 12.3. The second kappa shape index (κ2) is 5.95. The van der Waals surface area contributed by atoms with Gasteiger partial charge in [-0.15, -0.1) is 11.3 Å². The fraction of sp³-hybridized carbons (Fsp3) is 0.312. The first-order valence-electron chi connectivity index (χ1n) is 7.26. The predicted molar refractivity (Wildman–Crippen MR) is 91.3 cm³/mol. The SMILES string of the molecule is CSc1ncc2c(n1)CCN(Cc1cc3cccnc3s1)C2. The molecule has 0 bridgehead atoms. The molecular formula is C16H16N4S2. The molecule has 0 fully saturated rings. The van der Waals surface area contributed by atoms with Crippen molar-refractivity contribution >= 4 is 33.3 Å². The third-order valence-electron chi connectivity index (χ3n) is 3.90. The van der Waals surface area contributed by atoms with Gasteiger partial charge in [-0.25, -0.2) is 15.0 Å². The molecule has 22 heavy (non-hydrogen) atoms. The van der Waals surface area contributed by atoms with Gasteiger partial charge in [-0.2, -0.15) is 0 Å². The number of thiophene rings is 1. The largest absolute Gasteiger partial charge is 0.293 e. The quantitative estimate of drug-likeness (QED) is 0.545. The van der Waals surface area contributed by atoms with Crippen molar-refractivity contribution in [1.29, 1.82) is 0 Å². The molecular weight excluding hydrogens is 312 g/mol. The van der Waals surface area contributed by atoms with Crippen LogP contribution in [0.5, 0.6) is 0 Å². The molecule has 0 unspecified atom stereocenters.